The predicted molar refractivity (Wildman–Crippen MR) is 148 cm³/mol. The Morgan fingerprint density at radius 1 is 1.13 bits per heavy atom. The number of halogens is 4. The van der Waals surface area contributed by atoms with E-state index in [1.165, 1.54) is 55.1 Å². The first-order chi connectivity index (χ1) is 18.1. The van der Waals surface area contributed by atoms with Gasteiger partial charge in [-0.3, -0.25) is 19.6 Å². The molecular formula is C28H29ClF3N3O2S. The second kappa shape index (κ2) is 13.2. The van der Waals surface area contributed by atoms with Crippen molar-refractivity contribution in [2.45, 2.75) is 51.7 Å². The van der Waals surface area contributed by atoms with Crippen LogP contribution in [0.15, 0.2) is 60.7 Å². The van der Waals surface area contributed by atoms with E-state index in [1.807, 2.05) is 0 Å². The number of thioether (sulfide) groups is 1. The first-order valence-electron chi connectivity index (χ1n) is 12.2. The van der Waals surface area contributed by atoms with Crippen LogP contribution in [-0.4, -0.2) is 20.9 Å². The number of nitrogens with one attached hydrogen (secondary N) is 1. The number of fused-ring (bicyclic) bond motifs is 1. The minimum atomic E-state index is -4.53. The lowest BCUT2D eigenvalue weighted by atomic mass is 9.91. The van der Waals surface area contributed by atoms with Gasteiger partial charge in [0.05, 0.1) is 28.7 Å². The second-order valence-corrected chi connectivity index (χ2v) is 10.5. The highest BCUT2D eigenvalue weighted by molar-refractivity contribution is 8.18. The molecule has 2 aromatic carbocycles. The lowest BCUT2D eigenvalue weighted by molar-refractivity contribution is -0.138. The molecule has 0 atom stereocenters. The van der Waals surface area contributed by atoms with Crippen LogP contribution in [-0.2, 0) is 17.5 Å². The Morgan fingerprint density at radius 3 is 2.42 bits per heavy atom. The predicted octanol–water partition coefficient (Wildman–Crippen LogP) is 8.47. The smallest absolute Gasteiger partial charge is 0.282 e. The summed E-state index contributed by atoms with van der Waals surface area (Å²) >= 11 is 6.54. The van der Waals surface area contributed by atoms with Crippen LogP contribution in [0.1, 0.15) is 55.7 Å². The van der Waals surface area contributed by atoms with Gasteiger partial charge in [0.2, 0.25) is 0 Å². The molecule has 2 fully saturated rings. The summed E-state index contributed by atoms with van der Waals surface area (Å²) in [5, 5.41) is 6.64. The highest BCUT2D eigenvalue weighted by Gasteiger charge is 2.33. The van der Waals surface area contributed by atoms with Gasteiger partial charge in [-0.15, -0.1) is 13.2 Å². The van der Waals surface area contributed by atoms with Crippen LogP contribution in [0.3, 0.4) is 0 Å². The summed E-state index contributed by atoms with van der Waals surface area (Å²) in [7, 11) is 0. The molecule has 1 aliphatic heterocycles. The fraction of sp³-hybridized carbons (Fsp3) is 0.321. The van der Waals surface area contributed by atoms with Crippen molar-refractivity contribution in [1.29, 1.82) is 0 Å². The summed E-state index contributed by atoms with van der Waals surface area (Å²) in [5.41, 5.74) is 0.557. The third-order valence-corrected chi connectivity index (χ3v) is 7.24. The van der Waals surface area contributed by atoms with Crippen molar-refractivity contribution >= 4 is 51.5 Å². The Kier molecular flexibility index (Phi) is 10.2. The maximum absolute atomic E-state index is 13.3. The molecule has 202 valence electrons. The van der Waals surface area contributed by atoms with Gasteiger partial charge >= 0.3 is 6.18 Å². The van der Waals surface area contributed by atoms with Gasteiger partial charge in [-0.25, -0.2) is 0 Å². The maximum Gasteiger partial charge on any atom is 0.416 e. The normalized spacial score (nSPS) is 17.0. The Labute approximate surface area is 229 Å². The largest absolute Gasteiger partial charge is 0.416 e. The molecule has 0 bridgehead atoms. The summed E-state index contributed by atoms with van der Waals surface area (Å²) in [6.45, 7) is 8.28. The lowest BCUT2D eigenvalue weighted by Gasteiger charge is -2.15. The highest BCUT2D eigenvalue weighted by atomic mass is 35.5. The van der Waals surface area contributed by atoms with E-state index >= 15 is 0 Å². The van der Waals surface area contributed by atoms with Crippen molar-refractivity contribution in [2.24, 2.45) is 5.92 Å². The molecule has 0 radical (unpaired) electrons. The summed E-state index contributed by atoms with van der Waals surface area (Å²) in [5.74, 6) is 0.576. The molecule has 0 spiro atoms. The van der Waals surface area contributed by atoms with Crippen molar-refractivity contribution in [3.05, 3.63) is 82.4 Å². The van der Waals surface area contributed by atoms with Gasteiger partial charge in [-0.05, 0) is 59.1 Å². The van der Waals surface area contributed by atoms with Gasteiger partial charge in [0.15, 0.2) is 0 Å². The van der Waals surface area contributed by atoms with Crippen molar-refractivity contribution in [2.75, 3.05) is 0 Å². The average Bonchev–Trinajstić information content (AvgIpc) is 3.42. The van der Waals surface area contributed by atoms with E-state index < -0.39 is 22.9 Å². The van der Waals surface area contributed by atoms with E-state index in [9.17, 15) is 22.8 Å². The van der Waals surface area contributed by atoms with Gasteiger partial charge in [0, 0.05) is 10.4 Å². The van der Waals surface area contributed by atoms with Crippen molar-refractivity contribution < 1.29 is 22.8 Å². The monoisotopic (exact) mass is 563 g/mol. The standard InChI is InChI=1S/C19H11ClF3N3O2S.C7H14.C2H4/c20-13-3-2-11(14(7-13)19(21,22)23)9-26-15-4-1-10(5-12(15)8-24-26)6-16-17(27)25-18(28)29-16;1-7-5-3-2-4-6-7;1-2/h1-8H,9H2,(H,25,27,28);7H,2-6H2,1H3;1-2H2/b16-6-;;. The molecule has 10 heteroatoms. The van der Waals surface area contributed by atoms with Gasteiger partial charge in [-0.1, -0.05) is 62.8 Å². The lowest BCUT2D eigenvalue weighted by Crippen LogP contribution is -2.17. The summed E-state index contributed by atoms with van der Waals surface area (Å²) in [6.07, 6.45) is 6.02. The number of amides is 2. The molecule has 1 saturated carbocycles. The third-order valence-electron chi connectivity index (χ3n) is 6.20. The number of alkyl halides is 3. The minimum absolute atomic E-state index is 0.0105. The quantitative estimate of drug-likeness (QED) is 0.256. The Morgan fingerprint density at radius 2 is 1.84 bits per heavy atom. The molecule has 3 aromatic rings. The number of nitrogens with zero attached hydrogens (tertiary/aromatic N) is 2. The van der Waals surface area contributed by atoms with Crippen LogP contribution in [0.4, 0.5) is 18.0 Å². The number of carbonyl (C=O) groups excluding carboxylic acids is 2. The molecule has 1 saturated heterocycles. The van der Waals surface area contributed by atoms with Crippen molar-refractivity contribution in [3.63, 3.8) is 0 Å². The fourth-order valence-electron chi connectivity index (χ4n) is 4.31. The van der Waals surface area contributed by atoms with Gasteiger partial charge in [0.25, 0.3) is 11.1 Å². The first-order valence-corrected chi connectivity index (χ1v) is 13.4. The number of carbonyl (C=O) groups is 2. The van der Waals surface area contributed by atoms with Gasteiger partial charge in [0.1, 0.15) is 0 Å². The van der Waals surface area contributed by atoms with Crippen LogP contribution < -0.4 is 5.32 Å². The zero-order valence-corrected chi connectivity index (χ0v) is 22.6. The number of imide groups is 1. The van der Waals surface area contributed by atoms with Crippen LogP contribution in [0.2, 0.25) is 5.02 Å². The molecular weight excluding hydrogens is 535 g/mol. The molecule has 1 aliphatic carbocycles. The zero-order valence-electron chi connectivity index (χ0n) is 21.0. The Hall–Kier alpha value is -3.04. The number of hydrogen-bond donors (Lipinski definition) is 1. The number of rotatable bonds is 3. The molecule has 38 heavy (non-hydrogen) atoms. The molecule has 2 amide bonds. The van der Waals surface area contributed by atoms with Crippen LogP contribution in [0.5, 0.6) is 0 Å². The van der Waals surface area contributed by atoms with E-state index in [2.05, 4.69) is 30.5 Å². The number of benzene rings is 2. The van der Waals surface area contributed by atoms with Gasteiger partial charge < -0.3 is 0 Å². The number of aromatic nitrogens is 2. The first kappa shape index (κ1) is 29.5. The fourth-order valence-corrected chi connectivity index (χ4v) is 5.17. The second-order valence-electron chi connectivity index (χ2n) is 9.02. The van der Waals surface area contributed by atoms with E-state index in [0.717, 1.165) is 23.7 Å². The van der Waals surface area contributed by atoms with E-state index in [1.54, 1.807) is 24.3 Å². The summed E-state index contributed by atoms with van der Waals surface area (Å²) in [4.78, 5) is 23.2. The van der Waals surface area contributed by atoms with E-state index in [0.29, 0.717) is 16.5 Å². The Bertz CT molecular complexity index is 1330. The number of hydrogen-bond acceptors (Lipinski definition) is 4. The zero-order chi connectivity index (χ0) is 27.9. The van der Waals surface area contributed by atoms with E-state index in [-0.39, 0.29) is 22.0 Å². The maximum atomic E-state index is 13.3. The molecule has 5 nitrogen and oxygen atoms in total. The van der Waals surface area contributed by atoms with Crippen molar-refractivity contribution in [3.8, 4) is 0 Å². The molecule has 0 unspecified atom stereocenters. The topological polar surface area (TPSA) is 64.0 Å². The van der Waals surface area contributed by atoms with Crippen molar-refractivity contribution in [1.82, 2.24) is 15.1 Å². The van der Waals surface area contributed by atoms with Crippen LogP contribution >= 0.6 is 23.4 Å². The van der Waals surface area contributed by atoms with Crippen LogP contribution in [0, 0.1) is 5.92 Å². The highest BCUT2D eigenvalue weighted by Crippen LogP contribution is 2.34. The van der Waals surface area contributed by atoms with Gasteiger partial charge in [-0.2, -0.15) is 18.3 Å². The van der Waals surface area contributed by atoms with Crippen LogP contribution in [0.25, 0.3) is 17.0 Å². The molecule has 2 heterocycles. The van der Waals surface area contributed by atoms with E-state index in [4.69, 9.17) is 11.6 Å². The molecule has 1 aromatic heterocycles. The molecule has 5 rings (SSSR count). The summed E-state index contributed by atoms with van der Waals surface area (Å²) < 4.78 is 41.4. The average molecular weight is 564 g/mol. The minimum Gasteiger partial charge on any atom is -0.282 e. The summed E-state index contributed by atoms with van der Waals surface area (Å²) in [6, 6.07) is 8.81. The Balaban J connectivity index is 0.000000381. The molecule has 1 N–H and O–H groups in total. The SMILES string of the molecule is C=C.CC1CCCCC1.O=C1NC(=O)/C(=C/c2ccc3c(cnn3Cc3ccc(Cl)cc3C(F)(F)F)c2)S1. The third kappa shape index (κ3) is 7.74. The molecule has 2 aliphatic rings.